The quantitative estimate of drug-likeness (QED) is 0.0939. The van der Waals surface area contributed by atoms with Crippen LogP contribution in [-0.2, 0) is 9.59 Å². The van der Waals surface area contributed by atoms with E-state index in [0.29, 0.717) is 32.0 Å². The number of carbonyl (C=O) groups excluding carboxylic acids is 3. The Kier molecular flexibility index (Phi) is 11.3. The zero-order valence-electron chi connectivity index (χ0n) is 25.1. The molecule has 3 amide bonds. The largest absolute Gasteiger partial charge is 0.497 e. The minimum Gasteiger partial charge on any atom is -0.497 e. The standard InChI is InChI=1S/C35H28Cl2N4O4S2/c1-21(32(42)41-35-40-31(20-46-35)23-10-6-11-25(18-23)45-2)47-26-16-14-24(15-17-26)38-34(44)30(19-27-28(36)12-7-13-29(27)37)39-33(43)22-8-4-3-5-9-22/h3-21H,1-2H3,(H,38,44)(H,39,43)(H,40,41,42)/b30-19-. The van der Waals surface area contributed by atoms with Gasteiger partial charge < -0.3 is 20.7 Å². The summed E-state index contributed by atoms with van der Waals surface area (Å²) in [7, 11) is 1.61. The average molecular weight is 704 g/mol. The third kappa shape index (κ3) is 9.02. The first-order chi connectivity index (χ1) is 22.7. The number of thiazole rings is 1. The number of hydrogen-bond donors (Lipinski definition) is 3. The molecule has 5 aromatic rings. The molecule has 1 heterocycles. The van der Waals surface area contributed by atoms with E-state index in [1.807, 2.05) is 29.6 Å². The van der Waals surface area contributed by atoms with Gasteiger partial charge in [-0.1, -0.05) is 59.6 Å². The Bertz CT molecular complexity index is 1910. The van der Waals surface area contributed by atoms with E-state index in [0.717, 1.165) is 21.9 Å². The molecule has 0 aliphatic heterocycles. The van der Waals surface area contributed by atoms with Crippen LogP contribution in [0.3, 0.4) is 0 Å². The normalized spacial score (nSPS) is 11.8. The molecule has 0 spiro atoms. The highest BCUT2D eigenvalue weighted by molar-refractivity contribution is 8.00. The zero-order chi connectivity index (χ0) is 33.3. The minimum atomic E-state index is -0.574. The Morgan fingerprint density at radius 3 is 2.30 bits per heavy atom. The molecule has 1 atom stereocenters. The summed E-state index contributed by atoms with van der Waals surface area (Å²) in [5.74, 6) is -0.509. The lowest BCUT2D eigenvalue weighted by atomic mass is 10.1. The fourth-order valence-corrected chi connectivity index (χ4v) is 6.36. The Balaban J connectivity index is 1.23. The van der Waals surface area contributed by atoms with E-state index in [1.165, 1.54) is 29.2 Å². The maximum Gasteiger partial charge on any atom is 0.272 e. The van der Waals surface area contributed by atoms with Crippen LogP contribution < -0.4 is 20.7 Å². The van der Waals surface area contributed by atoms with E-state index < -0.39 is 17.1 Å². The van der Waals surface area contributed by atoms with Gasteiger partial charge in [-0.15, -0.1) is 23.1 Å². The molecule has 0 radical (unpaired) electrons. The van der Waals surface area contributed by atoms with Gasteiger partial charge in [0.15, 0.2) is 5.13 Å². The lowest BCUT2D eigenvalue weighted by molar-refractivity contribution is -0.115. The van der Waals surface area contributed by atoms with Gasteiger partial charge in [-0.25, -0.2) is 4.98 Å². The number of rotatable bonds is 11. The summed E-state index contributed by atoms with van der Waals surface area (Å²) in [4.78, 5) is 44.6. The monoisotopic (exact) mass is 702 g/mol. The van der Waals surface area contributed by atoms with Crippen LogP contribution in [0.2, 0.25) is 10.0 Å². The summed E-state index contributed by atoms with van der Waals surface area (Å²) < 4.78 is 5.29. The number of thioether (sulfide) groups is 1. The third-order valence-corrected chi connectivity index (χ3v) is 9.24. The van der Waals surface area contributed by atoms with Gasteiger partial charge in [0, 0.05) is 42.7 Å². The molecule has 0 bridgehead atoms. The number of carbonyl (C=O) groups is 3. The Labute approximate surface area is 290 Å². The van der Waals surface area contributed by atoms with Crippen LogP contribution in [0.1, 0.15) is 22.8 Å². The van der Waals surface area contributed by atoms with Gasteiger partial charge >= 0.3 is 0 Å². The van der Waals surface area contributed by atoms with Crippen LogP contribution >= 0.6 is 46.3 Å². The lowest BCUT2D eigenvalue weighted by Gasteiger charge is -2.13. The molecule has 1 aromatic heterocycles. The lowest BCUT2D eigenvalue weighted by Crippen LogP contribution is -2.30. The molecule has 0 saturated carbocycles. The Hall–Kier alpha value is -4.61. The first-order valence-electron chi connectivity index (χ1n) is 14.2. The van der Waals surface area contributed by atoms with Gasteiger partial charge in [-0.05, 0) is 73.7 Å². The highest BCUT2D eigenvalue weighted by Crippen LogP contribution is 2.30. The number of anilines is 2. The van der Waals surface area contributed by atoms with Crippen molar-refractivity contribution in [2.45, 2.75) is 17.1 Å². The number of methoxy groups -OCH3 is 1. The van der Waals surface area contributed by atoms with E-state index in [1.54, 1.807) is 86.8 Å². The number of hydrogen-bond acceptors (Lipinski definition) is 7. The van der Waals surface area contributed by atoms with Crippen molar-refractivity contribution in [2.24, 2.45) is 0 Å². The average Bonchev–Trinajstić information content (AvgIpc) is 3.55. The topological polar surface area (TPSA) is 109 Å². The van der Waals surface area contributed by atoms with Crippen LogP contribution in [0.4, 0.5) is 10.8 Å². The Morgan fingerprint density at radius 1 is 0.894 bits per heavy atom. The fourth-order valence-electron chi connectivity index (χ4n) is 4.26. The minimum absolute atomic E-state index is 0.0469. The molecule has 238 valence electrons. The second kappa shape index (κ2) is 15.8. The SMILES string of the molecule is COc1cccc(-c2csc(NC(=O)C(C)Sc3ccc(NC(=O)/C(=C/c4c(Cl)cccc4Cl)NC(=O)c4ccccc4)cc3)n2)c1. The van der Waals surface area contributed by atoms with Gasteiger partial charge in [-0.2, -0.15) is 0 Å². The summed E-state index contributed by atoms with van der Waals surface area (Å²) >= 11 is 15.4. The van der Waals surface area contributed by atoms with Crippen LogP contribution in [0.15, 0.2) is 113 Å². The molecule has 0 fully saturated rings. The van der Waals surface area contributed by atoms with E-state index in [2.05, 4.69) is 20.9 Å². The molecule has 0 aliphatic rings. The summed E-state index contributed by atoms with van der Waals surface area (Å²) in [6, 6.07) is 28.1. The molecule has 3 N–H and O–H groups in total. The van der Waals surface area contributed by atoms with Crippen molar-refractivity contribution in [3.8, 4) is 17.0 Å². The number of nitrogens with one attached hydrogen (secondary N) is 3. The second-order valence-corrected chi connectivity index (χ2v) is 13.1. The number of amides is 3. The number of halogens is 2. The van der Waals surface area contributed by atoms with Gasteiger partial charge in [0.1, 0.15) is 11.4 Å². The predicted octanol–water partition coefficient (Wildman–Crippen LogP) is 8.65. The first kappa shape index (κ1) is 33.7. The summed E-state index contributed by atoms with van der Waals surface area (Å²) in [6.07, 6.45) is 1.44. The van der Waals surface area contributed by atoms with Crippen molar-refractivity contribution in [1.82, 2.24) is 10.3 Å². The van der Waals surface area contributed by atoms with E-state index >= 15 is 0 Å². The maximum atomic E-state index is 13.4. The van der Waals surface area contributed by atoms with E-state index in [-0.39, 0.29) is 11.6 Å². The first-order valence-corrected chi connectivity index (χ1v) is 16.7. The molecular formula is C35H28Cl2N4O4S2. The van der Waals surface area contributed by atoms with Crippen molar-refractivity contribution in [3.05, 3.63) is 129 Å². The molecule has 5 rings (SSSR count). The molecule has 1 unspecified atom stereocenters. The molecule has 4 aromatic carbocycles. The Morgan fingerprint density at radius 2 is 1.60 bits per heavy atom. The van der Waals surface area contributed by atoms with Crippen molar-refractivity contribution < 1.29 is 19.1 Å². The van der Waals surface area contributed by atoms with E-state index in [4.69, 9.17) is 27.9 Å². The van der Waals surface area contributed by atoms with Crippen LogP contribution in [0.25, 0.3) is 17.3 Å². The number of nitrogens with zero attached hydrogens (tertiary/aromatic N) is 1. The summed E-state index contributed by atoms with van der Waals surface area (Å²) in [6.45, 7) is 1.80. The van der Waals surface area contributed by atoms with Crippen molar-refractivity contribution in [1.29, 1.82) is 0 Å². The summed E-state index contributed by atoms with van der Waals surface area (Å²) in [5.41, 5.74) is 2.84. The fraction of sp³-hybridized carbons (Fsp3) is 0.0857. The van der Waals surface area contributed by atoms with Crippen molar-refractivity contribution in [3.63, 3.8) is 0 Å². The van der Waals surface area contributed by atoms with E-state index in [9.17, 15) is 14.4 Å². The highest BCUT2D eigenvalue weighted by Gasteiger charge is 2.19. The molecule has 8 nitrogen and oxygen atoms in total. The third-order valence-electron chi connectivity index (χ3n) is 6.71. The molecule has 0 saturated heterocycles. The highest BCUT2D eigenvalue weighted by atomic mass is 35.5. The second-order valence-electron chi connectivity index (χ2n) is 10.0. The van der Waals surface area contributed by atoms with Crippen LogP contribution in [0.5, 0.6) is 5.75 Å². The van der Waals surface area contributed by atoms with Crippen LogP contribution in [0, 0.1) is 0 Å². The number of ether oxygens (including phenoxy) is 1. The summed E-state index contributed by atoms with van der Waals surface area (Å²) in [5, 5.41) is 11.0. The van der Waals surface area contributed by atoms with Gasteiger partial charge in [0.2, 0.25) is 5.91 Å². The molecule has 12 heteroatoms. The van der Waals surface area contributed by atoms with Crippen molar-refractivity contribution >= 4 is 80.9 Å². The van der Waals surface area contributed by atoms with Gasteiger partial charge in [-0.3, -0.25) is 14.4 Å². The molecular weight excluding hydrogens is 675 g/mol. The number of aromatic nitrogens is 1. The van der Waals surface area contributed by atoms with Gasteiger partial charge in [0.25, 0.3) is 11.8 Å². The zero-order valence-corrected chi connectivity index (χ0v) is 28.3. The molecule has 0 aliphatic carbocycles. The molecule has 47 heavy (non-hydrogen) atoms. The number of benzene rings is 4. The van der Waals surface area contributed by atoms with Crippen molar-refractivity contribution in [2.75, 3.05) is 17.7 Å². The van der Waals surface area contributed by atoms with Crippen LogP contribution in [-0.4, -0.2) is 35.1 Å². The predicted molar refractivity (Wildman–Crippen MR) is 191 cm³/mol. The maximum absolute atomic E-state index is 13.4. The van der Waals surface area contributed by atoms with Gasteiger partial charge in [0.05, 0.1) is 18.1 Å². The smallest absolute Gasteiger partial charge is 0.272 e.